The predicted molar refractivity (Wildman–Crippen MR) is 107 cm³/mol. The van der Waals surface area contributed by atoms with Gasteiger partial charge in [0.2, 0.25) is 0 Å². The molecule has 0 spiro atoms. The van der Waals surface area contributed by atoms with Gasteiger partial charge in [-0.25, -0.2) is 0 Å². The number of carbonyl (C=O) groups excluding carboxylic acids is 3. The molecule has 0 amide bonds. The van der Waals surface area contributed by atoms with Crippen molar-refractivity contribution in [3.63, 3.8) is 0 Å². The molecule has 6 heteroatoms. The summed E-state index contributed by atoms with van der Waals surface area (Å²) in [6.45, 7) is 0. The van der Waals surface area contributed by atoms with Gasteiger partial charge >= 0.3 is 0 Å². The number of nitrogens with zero attached hydrogens (tertiary/aromatic N) is 3. The summed E-state index contributed by atoms with van der Waals surface area (Å²) in [4.78, 5) is 24.7. The average Bonchev–Trinajstić information content (AvgIpc) is 2.73. The van der Waals surface area contributed by atoms with Gasteiger partial charge < -0.3 is 16.2 Å². The molecule has 0 heterocycles. The van der Waals surface area contributed by atoms with E-state index in [1.165, 1.54) is 16.7 Å². The Morgan fingerprint density at radius 3 is 0.821 bits per heavy atom. The van der Waals surface area contributed by atoms with Gasteiger partial charge in [0.1, 0.15) is 0 Å². The smallest absolute Gasteiger partial charge is 0.0339 e. The Kier molecular flexibility index (Phi) is 13.8. The fourth-order valence-electron chi connectivity index (χ4n) is 2.51. The van der Waals surface area contributed by atoms with Crippen LogP contribution in [-0.2, 0) is 14.4 Å². The lowest BCUT2D eigenvalue weighted by Gasteiger charge is -2.18. The monoisotopic (exact) mass is 370 g/mol. The normalized spacial score (nSPS) is 8.04. The molecule has 0 atom stereocenters. The molecule has 0 unspecified atom stereocenters. The molecule has 0 aliphatic carbocycles. The van der Waals surface area contributed by atoms with E-state index in [0.29, 0.717) is 24.2 Å². The first-order valence-electron chi connectivity index (χ1n) is 7.88. The van der Waals surface area contributed by atoms with Crippen LogP contribution in [0.5, 0.6) is 0 Å². The third-order valence-electron chi connectivity index (χ3n) is 3.40. The van der Waals surface area contributed by atoms with Crippen LogP contribution < -0.4 is 0 Å². The van der Waals surface area contributed by atoms with Crippen molar-refractivity contribution in [2.24, 2.45) is 0 Å². The summed E-state index contributed by atoms with van der Waals surface area (Å²) in [7, 11) is 0. The maximum atomic E-state index is 8.24. The molecule has 0 saturated heterocycles. The van der Waals surface area contributed by atoms with Gasteiger partial charge in [-0.2, -0.15) is 0 Å². The predicted octanol–water partition coefficient (Wildman–Crippen LogP) is 4.54. The SMILES string of the molecule is [N-]=C=O.[N-]=C=O.[N-]=C=O.c1ccc(C(c2ccccc2)c2ccccc2)cc1. The van der Waals surface area contributed by atoms with Gasteiger partial charge in [0.15, 0.2) is 0 Å². The van der Waals surface area contributed by atoms with Crippen LogP contribution in [-0.4, -0.2) is 18.2 Å². The maximum absolute atomic E-state index is 8.24. The second-order valence-electron chi connectivity index (χ2n) is 4.94. The molecule has 3 rings (SSSR count). The minimum absolute atomic E-state index is 0.309. The van der Waals surface area contributed by atoms with Gasteiger partial charge in [-0.15, -0.1) is 0 Å². The van der Waals surface area contributed by atoms with Crippen LogP contribution in [0.1, 0.15) is 22.6 Å². The highest BCUT2D eigenvalue weighted by Gasteiger charge is 2.15. The molecule has 3 aromatic carbocycles. The summed E-state index contributed by atoms with van der Waals surface area (Å²) < 4.78 is 0. The molecular formula is C22H16N3O3-3. The fourth-order valence-corrected chi connectivity index (χ4v) is 2.51. The molecule has 0 saturated carbocycles. The molecule has 0 aliphatic heterocycles. The van der Waals surface area contributed by atoms with Crippen LogP contribution in [0, 0.1) is 0 Å². The third-order valence-corrected chi connectivity index (χ3v) is 3.40. The Bertz CT molecular complexity index is 758. The Morgan fingerprint density at radius 1 is 0.464 bits per heavy atom. The van der Waals surface area contributed by atoms with Gasteiger partial charge in [-0.05, 0) is 34.9 Å². The molecule has 0 fully saturated rings. The second kappa shape index (κ2) is 16.3. The van der Waals surface area contributed by atoms with E-state index in [4.69, 9.17) is 30.6 Å². The van der Waals surface area contributed by atoms with Gasteiger partial charge in [0.25, 0.3) is 0 Å². The van der Waals surface area contributed by atoms with E-state index in [1.54, 1.807) is 0 Å². The average molecular weight is 370 g/mol. The zero-order valence-corrected chi connectivity index (χ0v) is 14.8. The molecule has 6 nitrogen and oxygen atoms in total. The Hall–Kier alpha value is -4.20. The summed E-state index contributed by atoms with van der Waals surface area (Å²) in [6.07, 6.45) is 1.50. The van der Waals surface area contributed by atoms with E-state index in [1.807, 2.05) is 0 Å². The molecule has 140 valence electrons. The highest BCUT2D eigenvalue weighted by atomic mass is 16.1. The number of isocyanates is 3. The highest BCUT2D eigenvalue weighted by Crippen LogP contribution is 2.31. The Balaban J connectivity index is 0.000000695. The van der Waals surface area contributed by atoms with Crippen molar-refractivity contribution in [3.05, 3.63) is 124 Å². The van der Waals surface area contributed by atoms with E-state index >= 15 is 0 Å². The molecule has 3 aromatic rings. The lowest BCUT2D eigenvalue weighted by atomic mass is 9.85. The van der Waals surface area contributed by atoms with Crippen molar-refractivity contribution in [2.45, 2.75) is 5.92 Å². The first-order chi connectivity index (χ1) is 13.7. The zero-order valence-electron chi connectivity index (χ0n) is 14.8. The summed E-state index contributed by atoms with van der Waals surface area (Å²) in [5.41, 5.74) is 4.00. The van der Waals surface area contributed by atoms with E-state index in [9.17, 15) is 0 Å². The standard InChI is InChI=1S/C19H16.3CNO/c1-4-10-16(11-5-1)19(17-12-6-2-7-13-17)18-14-8-3-9-15-18;3*2-1-3/h1-15,19H;;;/q;3*-1. The zero-order chi connectivity index (χ0) is 21.0. The van der Waals surface area contributed by atoms with Gasteiger partial charge in [-0.1, -0.05) is 91.0 Å². The van der Waals surface area contributed by atoms with Crippen molar-refractivity contribution < 1.29 is 14.4 Å². The largest absolute Gasteiger partial charge is 0.724 e. The molecule has 0 radical (unpaired) electrons. The lowest BCUT2D eigenvalue weighted by Crippen LogP contribution is -2.02. The van der Waals surface area contributed by atoms with E-state index in [0.717, 1.165) is 0 Å². The van der Waals surface area contributed by atoms with Crippen LogP contribution in [0.2, 0.25) is 0 Å². The van der Waals surface area contributed by atoms with E-state index in [-0.39, 0.29) is 0 Å². The molecule has 0 aromatic heterocycles. The van der Waals surface area contributed by atoms with Gasteiger partial charge in [-0.3, -0.25) is 14.4 Å². The quantitative estimate of drug-likeness (QED) is 0.382. The number of hydrogen-bond donors (Lipinski definition) is 0. The highest BCUT2D eigenvalue weighted by molar-refractivity contribution is 5.42. The van der Waals surface area contributed by atoms with Crippen LogP contribution in [0.25, 0.3) is 16.2 Å². The molecule has 28 heavy (non-hydrogen) atoms. The van der Waals surface area contributed by atoms with E-state index in [2.05, 4.69) is 91.0 Å². The molecule has 0 bridgehead atoms. The van der Waals surface area contributed by atoms with Crippen molar-refractivity contribution in [1.82, 2.24) is 0 Å². The topological polar surface area (TPSA) is 118 Å². The number of rotatable bonds is 3. The lowest BCUT2D eigenvalue weighted by molar-refractivity contribution is 0.568. The minimum Gasteiger partial charge on any atom is -0.724 e. The maximum Gasteiger partial charge on any atom is 0.0339 e. The molecular weight excluding hydrogens is 354 g/mol. The minimum atomic E-state index is 0.309. The molecule has 0 N–H and O–H groups in total. The first kappa shape index (κ1) is 23.8. The van der Waals surface area contributed by atoms with Crippen LogP contribution in [0.4, 0.5) is 0 Å². The van der Waals surface area contributed by atoms with Crippen LogP contribution >= 0.6 is 0 Å². The molecule has 0 aliphatic rings. The Morgan fingerprint density at radius 2 is 0.643 bits per heavy atom. The Labute approximate surface area is 163 Å². The summed E-state index contributed by atoms with van der Waals surface area (Å²) in [6, 6.07) is 32.0. The van der Waals surface area contributed by atoms with Crippen molar-refractivity contribution in [1.29, 1.82) is 0 Å². The summed E-state index contributed by atoms with van der Waals surface area (Å²) >= 11 is 0. The van der Waals surface area contributed by atoms with E-state index < -0.39 is 0 Å². The summed E-state index contributed by atoms with van der Waals surface area (Å²) in [5, 5.41) is 20.3. The van der Waals surface area contributed by atoms with Crippen molar-refractivity contribution in [3.8, 4) is 0 Å². The van der Waals surface area contributed by atoms with Crippen molar-refractivity contribution in [2.75, 3.05) is 0 Å². The fraction of sp³-hybridized carbons (Fsp3) is 0.0455. The van der Waals surface area contributed by atoms with Crippen LogP contribution in [0.3, 0.4) is 0 Å². The second-order valence-corrected chi connectivity index (χ2v) is 4.94. The van der Waals surface area contributed by atoms with Crippen LogP contribution in [0.15, 0.2) is 91.0 Å². The summed E-state index contributed by atoms with van der Waals surface area (Å²) in [5.74, 6) is 0.309. The van der Waals surface area contributed by atoms with Gasteiger partial charge in [0, 0.05) is 5.92 Å². The third kappa shape index (κ3) is 9.33. The first-order valence-corrected chi connectivity index (χ1v) is 7.88. The number of benzene rings is 3. The number of hydrogen-bond acceptors (Lipinski definition) is 3. The van der Waals surface area contributed by atoms with Crippen molar-refractivity contribution >= 4 is 18.2 Å². The van der Waals surface area contributed by atoms with Gasteiger partial charge in [0.05, 0.1) is 0 Å².